The van der Waals surface area contributed by atoms with Crippen LogP contribution in [0.5, 0.6) is 0 Å². The molecule has 8 heteroatoms. The van der Waals surface area contributed by atoms with Crippen LogP contribution < -0.4 is 5.43 Å². The van der Waals surface area contributed by atoms with E-state index in [1.54, 1.807) is 42.5 Å². The van der Waals surface area contributed by atoms with Gasteiger partial charge in [0.05, 0.1) is 29.7 Å². The standard InChI is InChI=1S/C17H14Cl2N2O3S/c1-24-17(23)13-5-3-2-4-11(13)9-20-21-16(22)10-25-15-8-12(18)6-7-14(15)19/h2-9H,10H2,1H3,(H,21,22)/b20-9-. The molecule has 0 aliphatic rings. The number of hydrogen-bond acceptors (Lipinski definition) is 5. The molecule has 0 aromatic heterocycles. The largest absolute Gasteiger partial charge is 0.465 e. The number of thioether (sulfide) groups is 1. The summed E-state index contributed by atoms with van der Waals surface area (Å²) in [6.07, 6.45) is 1.39. The highest BCUT2D eigenvalue weighted by atomic mass is 35.5. The maximum absolute atomic E-state index is 11.9. The fourth-order valence-electron chi connectivity index (χ4n) is 1.84. The number of amides is 1. The smallest absolute Gasteiger partial charge is 0.338 e. The third kappa shape index (κ3) is 5.77. The van der Waals surface area contributed by atoms with Gasteiger partial charge in [0.25, 0.3) is 0 Å². The molecule has 2 rings (SSSR count). The van der Waals surface area contributed by atoms with Crippen LogP contribution in [0.2, 0.25) is 10.0 Å². The van der Waals surface area contributed by atoms with Crippen LogP contribution in [0.1, 0.15) is 15.9 Å². The van der Waals surface area contributed by atoms with Crippen molar-refractivity contribution in [2.75, 3.05) is 12.9 Å². The van der Waals surface area contributed by atoms with Crippen LogP contribution in [0, 0.1) is 0 Å². The highest BCUT2D eigenvalue weighted by Crippen LogP contribution is 2.29. The number of benzene rings is 2. The molecule has 0 atom stereocenters. The van der Waals surface area contributed by atoms with E-state index in [2.05, 4.69) is 10.5 Å². The SMILES string of the molecule is COC(=O)c1ccccc1/C=N\NC(=O)CSc1cc(Cl)ccc1Cl. The van der Waals surface area contributed by atoms with Crippen molar-refractivity contribution in [2.24, 2.45) is 5.10 Å². The first-order valence-electron chi connectivity index (χ1n) is 7.08. The first kappa shape index (κ1) is 19.3. The van der Waals surface area contributed by atoms with Crippen LogP contribution in [0.15, 0.2) is 52.5 Å². The van der Waals surface area contributed by atoms with Gasteiger partial charge < -0.3 is 4.74 Å². The van der Waals surface area contributed by atoms with Gasteiger partial charge in [-0.2, -0.15) is 5.10 Å². The zero-order chi connectivity index (χ0) is 18.2. The normalized spacial score (nSPS) is 10.7. The number of rotatable bonds is 6. The van der Waals surface area contributed by atoms with Gasteiger partial charge >= 0.3 is 5.97 Å². The Morgan fingerprint density at radius 3 is 2.76 bits per heavy atom. The van der Waals surface area contributed by atoms with E-state index in [1.165, 1.54) is 25.1 Å². The lowest BCUT2D eigenvalue weighted by molar-refractivity contribution is -0.118. The van der Waals surface area contributed by atoms with Crippen molar-refractivity contribution in [2.45, 2.75) is 4.90 Å². The molecule has 25 heavy (non-hydrogen) atoms. The highest BCUT2D eigenvalue weighted by molar-refractivity contribution is 8.00. The van der Waals surface area contributed by atoms with Gasteiger partial charge in [-0.25, -0.2) is 10.2 Å². The second-order valence-electron chi connectivity index (χ2n) is 4.74. The lowest BCUT2D eigenvalue weighted by Crippen LogP contribution is -2.19. The summed E-state index contributed by atoms with van der Waals surface area (Å²) in [6.45, 7) is 0. The minimum atomic E-state index is -0.473. The third-order valence-electron chi connectivity index (χ3n) is 3.01. The average Bonchev–Trinajstić information content (AvgIpc) is 2.62. The van der Waals surface area contributed by atoms with E-state index >= 15 is 0 Å². The summed E-state index contributed by atoms with van der Waals surface area (Å²) in [5, 5.41) is 4.94. The molecule has 0 saturated heterocycles. The number of nitrogens with one attached hydrogen (secondary N) is 1. The predicted molar refractivity (Wildman–Crippen MR) is 101 cm³/mol. The summed E-state index contributed by atoms with van der Waals surface area (Å²) in [4.78, 5) is 24.2. The second kappa shape index (κ2) is 9.46. The summed E-state index contributed by atoms with van der Waals surface area (Å²) in [7, 11) is 1.30. The monoisotopic (exact) mass is 396 g/mol. The van der Waals surface area contributed by atoms with Crippen molar-refractivity contribution in [3.8, 4) is 0 Å². The van der Waals surface area contributed by atoms with Gasteiger partial charge in [-0.1, -0.05) is 41.4 Å². The third-order valence-corrected chi connectivity index (χ3v) is 4.74. The van der Waals surface area contributed by atoms with Crippen LogP contribution in [0.25, 0.3) is 0 Å². The van der Waals surface area contributed by atoms with Crippen molar-refractivity contribution < 1.29 is 14.3 Å². The molecule has 0 heterocycles. The first-order chi connectivity index (χ1) is 12.0. The summed E-state index contributed by atoms with van der Waals surface area (Å²) >= 11 is 13.2. The molecule has 0 saturated carbocycles. The predicted octanol–water partition coefficient (Wildman–Crippen LogP) is 4.02. The number of ether oxygens (including phenoxy) is 1. The lowest BCUT2D eigenvalue weighted by atomic mass is 10.1. The van der Waals surface area contributed by atoms with Crippen LogP contribution >= 0.6 is 35.0 Å². The molecule has 130 valence electrons. The summed E-state index contributed by atoms with van der Waals surface area (Å²) in [5.74, 6) is -0.664. The number of halogens is 2. The fourth-order valence-corrected chi connectivity index (χ4v) is 3.13. The fraction of sp³-hybridized carbons (Fsp3) is 0.118. The Bertz CT molecular complexity index is 812. The zero-order valence-corrected chi connectivity index (χ0v) is 15.5. The molecular weight excluding hydrogens is 383 g/mol. The Morgan fingerprint density at radius 2 is 2.00 bits per heavy atom. The number of esters is 1. The molecule has 0 aliphatic carbocycles. The van der Waals surface area contributed by atoms with E-state index in [4.69, 9.17) is 27.9 Å². The van der Waals surface area contributed by atoms with Gasteiger partial charge in [0.2, 0.25) is 5.91 Å². The van der Waals surface area contributed by atoms with Crippen LogP contribution in [0.3, 0.4) is 0 Å². The number of hydrazone groups is 1. The molecule has 0 fully saturated rings. The van der Waals surface area contributed by atoms with Crippen molar-refractivity contribution in [3.05, 3.63) is 63.6 Å². The summed E-state index contributed by atoms with van der Waals surface area (Å²) in [6, 6.07) is 11.8. The molecule has 0 aliphatic heterocycles. The topological polar surface area (TPSA) is 67.8 Å². The van der Waals surface area contributed by atoms with E-state index in [1.807, 2.05) is 0 Å². The van der Waals surface area contributed by atoms with E-state index < -0.39 is 5.97 Å². The minimum Gasteiger partial charge on any atom is -0.465 e. The van der Waals surface area contributed by atoms with E-state index in [9.17, 15) is 9.59 Å². The Labute approximate surface area is 159 Å². The molecule has 1 N–H and O–H groups in total. The Hall–Kier alpha value is -2.02. The number of hydrogen-bond donors (Lipinski definition) is 1. The average molecular weight is 397 g/mol. The zero-order valence-electron chi connectivity index (χ0n) is 13.2. The minimum absolute atomic E-state index is 0.121. The molecule has 2 aromatic carbocycles. The molecule has 5 nitrogen and oxygen atoms in total. The first-order valence-corrected chi connectivity index (χ1v) is 8.82. The molecular formula is C17H14Cl2N2O3S. The Balaban J connectivity index is 1.93. The maximum atomic E-state index is 11.9. The van der Waals surface area contributed by atoms with E-state index in [0.29, 0.717) is 26.1 Å². The number of carbonyl (C=O) groups is 2. The van der Waals surface area contributed by atoms with Crippen molar-refractivity contribution in [1.29, 1.82) is 0 Å². The van der Waals surface area contributed by atoms with Gasteiger partial charge in [-0.3, -0.25) is 4.79 Å². The number of methoxy groups -OCH3 is 1. The Morgan fingerprint density at radius 1 is 1.24 bits per heavy atom. The molecule has 2 aromatic rings. The molecule has 0 spiro atoms. The highest BCUT2D eigenvalue weighted by Gasteiger charge is 2.09. The van der Waals surface area contributed by atoms with Gasteiger partial charge in [-0.15, -0.1) is 11.8 Å². The van der Waals surface area contributed by atoms with E-state index in [0.717, 1.165) is 0 Å². The molecule has 0 radical (unpaired) electrons. The van der Waals surface area contributed by atoms with Crippen LogP contribution in [0.4, 0.5) is 0 Å². The van der Waals surface area contributed by atoms with E-state index in [-0.39, 0.29) is 11.7 Å². The van der Waals surface area contributed by atoms with Crippen molar-refractivity contribution in [1.82, 2.24) is 5.43 Å². The maximum Gasteiger partial charge on any atom is 0.338 e. The molecule has 1 amide bonds. The number of carbonyl (C=O) groups excluding carboxylic acids is 2. The molecule has 0 unspecified atom stereocenters. The van der Waals surface area contributed by atoms with Gasteiger partial charge in [-0.05, 0) is 24.3 Å². The van der Waals surface area contributed by atoms with Gasteiger partial charge in [0.1, 0.15) is 0 Å². The summed E-state index contributed by atoms with van der Waals surface area (Å²) < 4.78 is 4.70. The Kier molecular flexibility index (Phi) is 7.31. The quantitative estimate of drug-likeness (QED) is 0.346. The summed E-state index contributed by atoms with van der Waals surface area (Å²) in [5.41, 5.74) is 3.31. The van der Waals surface area contributed by atoms with Gasteiger partial charge in [0, 0.05) is 15.5 Å². The van der Waals surface area contributed by atoms with Crippen molar-refractivity contribution in [3.63, 3.8) is 0 Å². The van der Waals surface area contributed by atoms with Gasteiger partial charge in [0.15, 0.2) is 0 Å². The van der Waals surface area contributed by atoms with Crippen LogP contribution in [-0.2, 0) is 9.53 Å². The van der Waals surface area contributed by atoms with Crippen molar-refractivity contribution >= 4 is 53.1 Å². The molecule has 0 bridgehead atoms. The lowest BCUT2D eigenvalue weighted by Gasteiger charge is -2.05. The van der Waals surface area contributed by atoms with Crippen LogP contribution in [-0.4, -0.2) is 31.0 Å². The second-order valence-corrected chi connectivity index (χ2v) is 6.60. The number of nitrogens with zero attached hydrogens (tertiary/aromatic N) is 1.